The minimum Gasteiger partial charge on any atom is -0.251 e. The summed E-state index contributed by atoms with van der Waals surface area (Å²) in [5.74, 6) is 0. The Morgan fingerprint density at radius 2 is 1.80 bits per heavy atom. The fourth-order valence-corrected chi connectivity index (χ4v) is 2.92. The normalized spacial score (nSPS) is 10.7. The predicted molar refractivity (Wildman–Crippen MR) is 84.3 cm³/mol. The van der Waals surface area contributed by atoms with Crippen molar-refractivity contribution in [2.45, 2.75) is 13.3 Å². The fraction of sp³-hybridized carbons (Fsp3) is 0.125. The number of aromatic nitrogens is 2. The maximum atomic E-state index is 5.89. The van der Waals surface area contributed by atoms with Gasteiger partial charge in [0.05, 0.1) is 16.4 Å². The first kappa shape index (κ1) is 13.3. The van der Waals surface area contributed by atoms with E-state index in [9.17, 15) is 0 Å². The van der Waals surface area contributed by atoms with Gasteiger partial charge in [-0.05, 0) is 36.8 Å². The molecule has 0 saturated heterocycles. The second kappa shape index (κ2) is 5.73. The summed E-state index contributed by atoms with van der Waals surface area (Å²) in [6.45, 7) is 1.99. The quantitative estimate of drug-likeness (QED) is 0.697. The Morgan fingerprint density at radius 3 is 2.55 bits per heavy atom. The van der Waals surface area contributed by atoms with Gasteiger partial charge >= 0.3 is 0 Å². The van der Waals surface area contributed by atoms with Crippen LogP contribution in [-0.4, -0.2) is 9.97 Å². The summed E-state index contributed by atoms with van der Waals surface area (Å²) in [4.78, 5) is 9.16. The van der Waals surface area contributed by atoms with Gasteiger partial charge in [0.2, 0.25) is 0 Å². The Kier molecular flexibility index (Phi) is 3.81. The Morgan fingerprint density at radius 1 is 1.00 bits per heavy atom. The molecule has 4 heteroatoms. The van der Waals surface area contributed by atoms with E-state index in [0.717, 1.165) is 33.5 Å². The van der Waals surface area contributed by atoms with E-state index in [1.54, 1.807) is 11.3 Å². The highest BCUT2D eigenvalue weighted by molar-refractivity contribution is 7.10. The average Bonchev–Trinajstić information content (AvgIpc) is 2.90. The van der Waals surface area contributed by atoms with E-state index in [-0.39, 0.29) is 0 Å². The van der Waals surface area contributed by atoms with Crippen LogP contribution >= 0.6 is 22.9 Å². The van der Waals surface area contributed by atoms with Gasteiger partial charge in [0, 0.05) is 22.5 Å². The highest BCUT2D eigenvalue weighted by Crippen LogP contribution is 2.22. The van der Waals surface area contributed by atoms with Crippen molar-refractivity contribution in [3.8, 4) is 11.4 Å². The second-order valence-corrected chi connectivity index (χ2v) is 5.97. The molecule has 0 aliphatic rings. The summed E-state index contributed by atoms with van der Waals surface area (Å²) in [7, 11) is 0. The number of aryl methyl sites for hydroxylation is 1. The molecule has 0 aliphatic heterocycles. The van der Waals surface area contributed by atoms with Crippen LogP contribution < -0.4 is 0 Å². The van der Waals surface area contributed by atoms with E-state index in [2.05, 4.69) is 15.3 Å². The molecule has 0 bridgehead atoms. The third kappa shape index (κ3) is 3.06. The number of benzene rings is 1. The molecule has 0 amide bonds. The monoisotopic (exact) mass is 300 g/mol. The van der Waals surface area contributed by atoms with Gasteiger partial charge in [-0.1, -0.05) is 29.8 Å². The largest absolute Gasteiger partial charge is 0.251 e. The van der Waals surface area contributed by atoms with Gasteiger partial charge in [0.1, 0.15) is 0 Å². The van der Waals surface area contributed by atoms with Crippen LogP contribution in [0.25, 0.3) is 11.4 Å². The van der Waals surface area contributed by atoms with Crippen LogP contribution in [0.15, 0.2) is 47.8 Å². The Hall–Kier alpha value is -1.71. The van der Waals surface area contributed by atoms with Crippen LogP contribution in [0.2, 0.25) is 5.02 Å². The highest BCUT2D eigenvalue weighted by atomic mass is 35.5. The lowest BCUT2D eigenvalue weighted by molar-refractivity contribution is 1.12. The minimum absolute atomic E-state index is 0.762. The van der Waals surface area contributed by atoms with Gasteiger partial charge in [0.15, 0.2) is 0 Å². The summed E-state index contributed by atoms with van der Waals surface area (Å²) >= 11 is 7.56. The van der Waals surface area contributed by atoms with Gasteiger partial charge in [0.25, 0.3) is 0 Å². The van der Waals surface area contributed by atoms with Crippen LogP contribution in [0.3, 0.4) is 0 Å². The van der Waals surface area contributed by atoms with Gasteiger partial charge < -0.3 is 0 Å². The number of halogens is 1. The Bertz CT molecular complexity index is 719. The first-order valence-corrected chi connectivity index (χ1v) is 7.59. The molecule has 0 atom stereocenters. The standard InChI is InChI=1S/C16H13ClN2S/c1-11-3-2-4-14(18-11)15-10-20-16(19-15)9-12-5-7-13(17)8-6-12/h2-8,10H,9H2,1H3. The van der Waals surface area contributed by atoms with Crippen molar-refractivity contribution in [3.05, 3.63) is 69.1 Å². The van der Waals surface area contributed by atoms with Crippen molar-refractivity contribution in [1.29, 1.82) is 0 Å². The van der Waals surface area contributed by atoms with E-state index >= 15 is 0 Å². The molecular formula is C16H13ClN2S. The Balaban J connectivity index is 1.82. The van der Waals surface area contributed by atoms with Crippen molar-refractivity contribution in [1.82, 2.24) is 9.97 Å². The number of hydrogen-bond acceptors (Lipinski definition) is 3. The van der Waals surface area contributed by atoms with Crippen molar-refractivity contribution in [3.63, 3.8) is 0 Å². The van der Waals surface area contributed by atoms with E-state index in [1.807, 2.05) is 49.4 Å². The van der Waals surface area contributed by atoms with Crippen molar-refractivity contribution >= 4 is 22.9 Å². The lowest BCUT2D eigenvalue weighted by atomic mass is 10.2. The van der Waals surface area contributed by atoms with Gasteiger partial charge in [-0.3, -0.25) is 4.98 Å². The maximum absolute atomic E-state index is 5.89. The average molecular weight is 301 g/mol. The Labute approximate surface area is 127 Å². The van der Waals surface area contributed by atoms with E-state index in [1.165, 1.54) is 5.56 Å². The lowest BCUT2D eigenvalue weighted by Crippen LogP contribution is -1.89. The highest BCUT2D eigenvalue weighted by Gasteiger charge is 2.06. The van der Waals surface area contributed by atoms with Crippen LogP contribution in [0.4, 0.5) is 0 Å². The fourth-order valence-electron chi connectivity index (χ4n) is 1.97. The zero-order valence-electron chi connectivity index (χ0n) is 11.0. The summed E-state index contributed by atoms with van der Waals surface area (Å²) in [6.07, 6.45) is 0.827. The predicted octanol–water partition coefficient (Wildman–Crippen LogP) is 4.76. The molecule has 0 saturated carbocycles. The van der Waals surface area contributed by atoms with E-state index < -0.39 is 0 Å². The van der Waals surface area contributed by atoms with E-state index in [0.29, 0.717) is 0 Å². The molecule has 100 valence electrons. The summed E-state index contributed by atoms with van der Waals surface area (Å²) in [6, 6.07) is 13.9. The van der Waals surface area contributed by atoms with Crippen molar-refractivity contribution < 1.29 is 0 Å². The van der Waals surface area contributed by atoms with Crippen LogP contribution in [0.1, 0.15) is 16.3 Å². The molecule has 3 aromatic rings. The third-order valence-electron chi connectivity index (χ3n) is 2.97. The molecule has 2 nitrogen and oxygen atoms in total. The van der Waals surface area contributed by atoms with E-state index in [4.69, 9.17) is 11.6 Å². The lowest BCUT2D eigenvalue weighted by Gasteiger charge is -1.99. The van der Waals surface area contributed by atoms with Crippen LogP contribution in [-0.2, 0) is 6.42 Å². The van der Waals surface area contributed by atoms with Crippen molar-refractivity contribution in [2.75, 3.05) is 0 Å². The molecule has 2 aromatic heterocycles. The van der Waals surface area contributed by atoms with Crippen molar-refractivity contribution in [2.24, 2.45) is 0 Å². The molecule has 20 heavy (non-hydrogen) atoms. The molecule has 0 aliphatic carbocycles. The smallest absolute Gasteiger partial charge is 0.0998 e. The summed E-state index contributed by atoms with van der Waals surface area (Å²) in [5.41, 5.74) is 4.11. The zero-order chi connectivity index (χ0) is 13.9. The summed E-state index contributed by atoms with van der Waals surface area (Å²) in [5, 5.41) is 3.91. The molecule has 0 unspecified atom stereocenters. The molecule has 0 N–H and O–H groups in total. The van der Waals surface area contributed by atoms with Gasteiger partial charge in [-0.2, -0.15) is 0 Å². The van der Waals surface area contributed by atoms with Crippen LogP contribution in [0, 0.1) is 6.92 Å². The molecule has 0 fully saturated rings. The number of nitrogens with zero attached hydrogens (tertiary/aromatic N) is 2. The minimum atomic E-state index is 0.762. The number of pyridine rings is 1. The summed E-state index contributed by atoms with van der Waals surface area (Å²) < 4.78 is 0. The zero-order valence-corrected chi connectivity index (χ0v) is 12.6. The SMILES string of the molecule is Cc1cccc(-c2csc(Cc3ccc(Cl)cc3)n2)n1. The molecule has 3 rings (SSSR count). The first-order chi connectivity index (χ1) is 9.70. The first-order valence-electron chi connectivity index (χ1n) is 6.33. The topological polar surface area (TPSA) is 25.8 Å². The second-order valence-electron chi connectivity index (χ2n) is 4.59. The van der Waals surface area contributed by atoms with Gasteiger partial charge in [-0.25, -0.2) is 4.98 Å². The molecular weight excluding hydrogens is 288 g/mol. The molecule has 2 heterocycles. The molecule has 0 radical (unpaired) electrons. The van der Waals surface area contributed by atoms with Gasteiger partial charge in [-0.15, -0.1) is 11.3 Å². The number of thiazole rings is 1. The number of rotatable bonds is 3. The maximum Gasteiger partial charge on any atom is 0.0998 e. The van der Waals surface area contributed by atoms with Crippen LogP contribution in [0.5, 0.6) is 0 Å². The third-order valence-corrected chi connectivity index (χ3v) is 4.07. The molecule has 1 aromatic carbocycles. The number of hydrogen-bond donors (Lipinski definition) is 0. The molecule has 0 spiro atoms.